The summed E-state index contributed by atoms with van der Waals surface area (Å²) in [5.74, 6) is 0. The number of likely N-dealkylation sites (N-methyl/N-ethyl adjacent to an activating group) is 3. The summed E-state index contributed by atoms with van der Waals surface area (Å²) < 4.78 is 32.6. The summed E-state index contributed by atoms with van der Waals surface area (Å²) in [5.41, 5.74) is 0. The van der Waals surface area contributed by atoms with E-state index in [1.54, 1.807) is 35.8 Å². The van der Waals surface area contributed by atoms with Gasteiger partial charge >= 0.3 is 24.1 Å². The van der Waals surface area contributed by atoms with Crippen molar-refractivity contribution in [1.82, 2.24) is 19.6 Å². The minimum absolute atomic E-state index is 0.110. The first-order valence-electron chi connectivity index (χ1n) is 7.78. The quantitative estimate of drug-likeness (QED) is 0.316. The van der Waals surface area contributed by atoms with Crippen molar-refractivity contribution in [2.24, 2.45) is 0 Å². The van der Waals surface area contributed by atoms with Gasteiger partial charge in [-0.3, -0.25) is 19.6 Å². The van der Waals surface area contributed by atoms with Crippen LogP contribution in [0.1, 0.15) is 0 Å². The Morgan fingerprint density at radius 1 is 0.560 bits per heavy atom. The molecule has 0 fully saturated rings. The van der Waals surface area contributed by atoms with Crippen LogP contribution < -0.4 is 0 Å². The molecule has 10 nitrogen and oxygen atoms in total. The van der Waals surface area contributed by atoms with Crippen molar-refractivity contribution in [3.63, 3.8) is 0 Å². The Hall–Kier alpha value is 0.0200. The van der Waals surface area contributed by atoms with E-state index in [1.165, 1.54) is 0 Å². The van der Waals surface area contributed by atoms with Crippen molar-refractivity contribution < 1.29 is 28.4 Å². The summed E-state index contributed by atoms with van der Waals surface area (Å²) in [6.45, 7) is 3.82. The highest BCUT2D eigenvalue weighted by atomic mass is 31.1. The standard InChI is InChI=1S/C12H27N4O6P3/c1-13(10-23(17)18)4-7-16(8-5-14(2)11-24(19)20)9-6-15(3)12-25(21)22/h4-12H2,1-3H3/p+3. The molecule has 3 unspecified atom stereocenters. The maximum absolute atomic E-state index is 10.9. The van der Waals surface area contributed by atoms with Crippen LogP contribution in [-0.4, -0.2) is 114 Å². The molecule has 3 N–H and O–H groups in total. The Morgan fingerprint density at radius 3 is 1.00 bits per heavy atom. The summed E-state index contributed by atoms with van der Waals surface area (Å²) in [7, 11) is -1.31. The second-order valence-corrected chi connectivity index (χ2v) is 9.02. The third kappa shape index (κ3) is 16.0. The second kappa shape index (κ2) is 14.1. The van der Waals surface area contributed by atoms with Crippen LogP contribution in [0, 0.1) is 0 Å². The minimum atomic E-state index is -2.21. The highest BCUT2D eigenvalue weighted by Crippen LogP contribution is 2.15. The molecule has 13 heteroatoms. The first-order chi connectivity index (χ1) is 11.6. The van der Waals surface area contributed by atoms with Crippen molar-refractivity contribution in [1.29, 1.82) is 0 Å². The molecule has 25 heavy (non-hydrogen) atoms. The molecular weight excluding hydrogens is 389 g/mol. The zero-order valence-corrected chi connectivity index (χ0v) is 17.7. The Balaban J connectivity index is 4.45. The molecule has 0 spiro atoms. The molecule has 0 aromatic rings. The minimum Gasteiger partial charge on any atom is -0.300 e. The first kappa shape index (κ1) is 25.0. The number of rotatable bonds is 15. The molecule has 0 radical (unpaired) electrons. The maximum Gasteiger partial charge on any atom is 0.521 e. The lowest BCUT2D eigenvalue weighted by Gasteiger charge is -2.26. The average molecular weight is 419 g/mol. The lowest BCUT2D eigenvalue weighted by Crippen LogP contribution is -2.41. The molecule has 0 aliphatic heterocycles. The Bertz CT molecular complexity index is 383. The number of nitrogens with zero attached hydrogens (tertiary/aromatic N) is 4. The number of hydrogen-bond donors (Lipinski definition) is 3. The highest BCUT2D eigenvalue weighted by molar-refractivity contribution is 7.38. The van der Waals surface area contributed by atoms with Gasteiger partial charge in [-0.2, -0.15) is 14.7 Å². The van der Waals surface area contributed by atoms with Gasteiger partial charge in [-0.1, -0.05) is 0 Å². The van der Waals surface area contributed by atoms with Crippen LogP contribution in [0.4, 0.5) is 0 Å². The van der Waals surface area contributed by atoms with Gasteiger partial charge in [0.25, 0.3) is 0 Å². The molecule has 3 atom stereocenters. The molecule has 0 amide bonds. The van der Waals surface area contributed by atoms with Crippen LogP contribution in [0.15, 0.2) is 0 Å². The van der Waals surface area contributed by atoms with Gasteiger partial charge < -0.3 is 0 Å². The van der Waals surface area contributed by atoms with Gasteiger partial charge in [0.15, 0.2) is 0 Å². The molecule has 0 aliphatic carbocycles. The zero-order chi connectivity index (χ0) is 19.4. The normalized spacial score (nSPS) is 13.9. The summed E-state index contributed by atoms with van der Waals surface area (Å²) in [5, 5.41) is 0. The Kier molecular flexibility index (Phi) is 14.1. The van der Waals surface area contributed by atoms with Gasteiger partial charge in [0, 0.05) is 39.3 Å². The van der Waals surface area contributed by atoms with Gasteiger partial charge in [-0.25, -0.2) is 0 Å². The molecular formula is C12H30N4O6P3+3. The van der Waals surface area contributed by atoms with E-state index < -0.39 is 24.1 Å². The Morgan fingerprint density at radius 2 is 0.800 bits per heavy atom. The molecule has 0 bridgehead atoms. The molecule has 0 aromatic heterocycles. The SMILES string of the molecule is CN(CCN(CCN(C)C[P+](=O)O)CCN(C)C[P+](=O)O)C[P+](=O)O. The van der Waals surface area contributed by atoms with E-state index in [1.807, 2.05) is 0 Å². The van der Waals surface area contributed by atoms with E-state index in [4.69, 9.17) is 14.7 Å². The van der Waals surface area contributed by atoms with E-state index >= 15 is 0 Å². The summed E-state index contributed by atoms with van der Waals surface area (Å²) in [6, 6.07) is 0. The van der Waals surface area contributed by atoms with Crippen LogP contribution in [0.3, 0.4) is 0 Å². The van der Waals surface area contributed by atoms with Crippen LogP contribution in [0.2, 0.25) is 0 Å². The topological polar surface area (TPSA) is 125 Å². The highest BCUT2D eigenvalue weighted by Gasteiger charge is 2.19. The molecule has 0 heterocycles. The van der Waals surface area contributed by atoms with Gasteiger partial charge in [-0.15, -0.1) is 0 Å². The molecule has 0 rings (SSSR count). The molecule has 0 saturated heterocycles. The zero-order valence-electron chi connectivity index (χ0n) is 15.1. The van der Waals surface area contributed by atoms with Crippen molar-refractivity contribution in [2.45, 2.75) is 0 Å². The van der Waals surface area contributed by atoms with Crippen LogP contribution in [0.25, 0.3) is 0 Å². The van der Waals surface area contributed by atoms with Gasteiger partial charge in [0.2, 0.25) is 18.9 Å². The first-order valence-corrected chi connectivity index (χ1v) is 12.0. The molecule has 146 valence electrons. The van der Waals surface area contributed by atoms with Crippen molar-refractivity contribution in [3.8, 4) is 0 Å². The molecule has 0 saturated carbocycles. The van der Waals surface area contributed by atoms with Crippen molar-refractivity contribution in [3.05, 3.63) is 0 Å². The predicted octanol–water partition coefficient (Wildman–Crippen LogP) is 0.160. The van der Waals surface area contributed by atoms with Crippen molar-refractivity contribution >= 4 is 24.1 Å². The maximum atomic E-state index is 10.9. The lowest BCUT2D eigenvalue weighted by atomic mass is 10.4. The Labute approximate surface area is 152 Å². The fraction of sp³-hybridized carbons (Fsp3) is 1.00. The van der Waals surface area contributed by atoms with Gasteiger partial charge in [-0.05, 0) is 34.8 Å². The average Bonchev–Trinajstić information content (AvgIpc) is 2.44. The predicted molar refractivity (Wildman–Crippen MR) is 98.4 cm³/mol. The van der Waals surface area contributed by atoms with Crippen molar-refractivity contribution in [2.75, 3.05) is 79.3 Å². The third-order valence-electron chi connectivity index (χ3n) is 3.48. The monoisotopic (exact) mass is 419 g/mol. The van der Waals surface area contributed by atoms with E-state index in [-0.39, 0.29) is 18.9 Å². The fourth-order valence-corrected chi connectivity index (χ4v) is 3.77. The summed E-state index contributed by atoms with van der Waals surface area (Å²) >= 11 is 0. The second-order valence-electron chi connectivity index (χ2n) is 6.06. The molecule has 0 aliphatic rings. The van der Waals surface area contributed by atoms with E-state index in [0.717, 1.165) is 0 Å². The van der Waals surface area contributed by atoms with E-state index in [2.05, 4.69) is 4.90 Å². The molecule has 0 aromatic carbocycles. The smallest absolute Gasteiger partial charge is 0.300 e. The van der Waals surface area contributed by atoms with Crippen LogP contribution in [-0.2, 0) is 13.7 Å². The third-order valence-corrected chi connectivity index (χ3v) is 5.66. The van der Waals surface area contributed by atoms with E-state index in [0.29, 0.717) is 39.3 Å². The summed E-state index contributed by atoms with van der Waals surface area (Å²) in [4.78, 5) is 34.3. The summed E-state index contributed by atoms with van der Waals surface area (Å²) in [6.07, 6.45) is 0.330. The lowest BCUT2D eigenvalue weighted by molar-refractivity contribution is 0.193. The van der Waals surface area contributed by atoms with Crippen LogP contribution >= 0.6 is 24.1 Å². The number of hydrogen-bond acceptors (Lipinski definition) is 7. The van der Waals surface area contributed by atoms with Gasteiger partial charge in [0.05, 0.1) is 0 Å². The largest absolute Gasteiger partial charge is 0.521 e. The van der Waals surface area contributed by atoms with Crippen LogP contribution in [0.5, 0.6) is 0 Å². The van der Waals surface area contributed by atoms with E-state index in [9.17, 15) is 13.7 Å². The van der Waals surface area contributed by atoms with Gasteiger partial charge in [0.1, 0.15) is 0 Å². The fourth-order valence-electron chi connectivity index (χ4n) is 2.10.